The van der Waals surface area contributed by atoms with E-state index in [4.69, 9.17) is 0 Å². The molecular formula is C18H21NOS. The number of anilines is 1. The highest BCUT2D eigenvalue weighted by molar-refractivity contribution is 7.99. The third kappa shape index (κ3) is 4.64. The lowest BCUT2D eigenvalue weighted by molar-refractivity contribution is -0.115. The van der Waals surface area contributed by atoms with Gasteiger partial charge in [0, 0.05) is 4.90 Å². The Labute approximate surface area is 131 Å². The van der Waals surface area contributed by atoms with E-state index in [0.717, 1.165) is 28.3 Å². The van der Waals surface area contributed by atoms with Crippen molar-refractivity contribution in [3.8, 4) is 0 Å². The highest BCUT2D eigenvalue weighted by Crippen LogP contribution is 2.26. The maximum Gasteiger partial charge on any atom is 0.228 e. The van der Waals surface area contributed by atoms with Crippen LogP contribution >= 0.6 is 11.8 Å². The number of carbonyl (C=O) groups is 1. The van der Waals surface area contributed by atoms with E-state index in [1.807, 2.05) is 36.4 Å². The fraction of sp³-hybridized carbons (Fsp3) is 0.278. The number of hydrogen-bond acceptors (Lipinski definition) is 2. The second-order valence-corrected chi connectivity index (χ2v) is 6.13. The van der Waals surface area contributed by atoms with E-state index in [1.54, 1.807) is 11.8 Å². The van der Waals surface area contributed by atoms with E-state index in [0.29, 0.717) is 6.42 Å². The number of para-hydroxylation sites is 1. The topological polar surface area (TPSA) is 29.1 Å². The Bertz CT molecular complexity index is 592. The Kier molecular flexibility index (Phi) is 5.88. The lowest BCUT2D eigenvalue weighted by Crippen LogP contribution is -2.14. The summed E-state index contributed by atoms with van der Waals surface area (Å²) >= 11 is 1.74. The molecule has 0 heterocycles. The minimum atomic E-state index is 0.0309. The van der Waals surface area contributed by atoms with Crippen molar-refractivity contribution in [1.82, 2.24) is 0 Å². The van der Waals surface area contributed by atoms with Crippen LogP contribution in [0.3, 0.4) is 0 Å². The fourth-order valence-corrected chi connectivity index (χ4v) is 2.88. The van der Waals surface area contributed by atoms with Gasteiger partial charge in [0.15, 0.2) is 0 Å². The molecule has 2 rings (SSSR count). The van der Waals surface area contributed by atoms with Crippen LogP contribution < -0.4 is 5.32 Å². The minimum absolute atomic E-state index is 0.0309. The predicted octanol–water partition coefficient (Wildman–Crippen LogP) is 4.54. The Morgan fingerprint density at radius 1 is 1.00 bits per heavy atom. The van der Waals surface area contributed by atoms with Crippen molar-refractivity contribution >= 4 is 23.4 Å². The van der Waals surface area contributed by atoms with E-state index in [1.165, 1.54) is 5.56 Å². The summed E-state index contributed by atoms with van der Waals surface area (Å²) in [5, 5.41) is 3.01. The Morgan fingerprint density at radius 3 is 2.33 bits per heavy atom. The zero-order valence-corrected chi connectivity index (χ0v) is 13.4. The van der Waals surface area contributed by atoms with E-state index >= 15 is 0 Å². The zero-order valence-electron chi connectivity index (χ0n) is 12.6. The van der Waals surface area contributed by atoms with Crippen LogP contribution in [0.4, 0.5) is 5.69 Å². The molecule has 21 heavy (non-hydrogen) atoms. The van der Waals surface area contributed by atoms with Crippen LogP contribution in [-0.4, -0.2) is 11.7 Å². The van der Waals surface area contributed by atoms with E-state index < -0.39 is 0 Å². The van der Waals surface area contributed by atoms with Crippen molar-refractivity contribution in [2.45, 2.75) is 31.6 Å². The third-order valence-electron chi connectivity index (χ3n) is 3.26. The monoisotopic (exact) mass is 299 g/mol. The number of aryl methyl sites for hydroxylation is 1. The lowest BCUT2D eigenvalue weighted by Gasteiger charge is -2.10. The third-order valence-corrected chi connectivity index (χ3v) is 4.21. The van der Waals surface area contributed by atoms with Gasteiger partial charge in [-0.15, -0.1) is 11.8 Å². The molecule has 0 unspecified atom stereocenters. The maximum absolute atomic E-state index is 12.2. The van der Waals surface area contributed by atoms with Gasteiger partial charge in [-0.2, -0.15) is 0 Å². The first-order chi connectivity index (χ1) is 10.2. The molecule has 2 aromatic carbocycles. The average Bonchev–Trinajstić information content (AvgIpc) is 2.50. The van der Waals surface area contributed by atoms with Crippen LogP contribution in [0.15, 0.2) is 53.4 Å². The van der Waals surface area contributed by atoms with E-state index in [-0.39, 0.29) is 5.91 Å². The largest absolute Gasteiger partial charge is 0.325 e. The quantitative estimate of drug-likeness (QED) is 0.793. The van der Waals surface area contributed by atoms with Crippen LogP contribution in [0.25, 0.3) is 0 Å². The SMILES string of the molecule is CCSc1ccccc1NC(=O)Cc1ccc(CC)cc1. The molecule has 0 aliphatic rings. The molecule has 2 nitrogen and oxygen atoms in total. The molecule has 0 bridgehead atoms. The van der Waals surface area contributed by atoms with Crippen LogP contribution in [0.1, 0.15) is 25.0 Å². The molecule has 0 aromatic heterocycles. The fourth-order valence-electron chi connectivity index (χ4n) is 2.12. The molecule has 0 aliphatic heterocycles. The first-order valence-corrected chi connectivity index (χ1v) is 8.31. The zero-order chi connectivity index (χ0) is 15.1. The summed E-state index contributed by atoms with van der Waals surface area (Å²) in [6.07, 6.45) is 1.43. The van der Waals surface area contributed by atoms with Gasteiger partial charge in [-0.05, 0) is 35.4 Å². The standard InChI is InChI=1S/C18H21NOS/c1-3-14-9-11-15(12-10-14)13-18(20)19-16-7-5-6-8-17(16)21-4-2/h5-12H,3-4,13H2,1-2H3,(H,19,20). The van der Waals surface area contributed by atoms with Crippen LogP contribution in [0.2, 0.25) is 0 Å². The van der Waals surface area contributed by atoms with Gasteiger partial charge in [-0.1, -0.05) is 50.2 Å². The molecule has 2 aromatic rings. The van der Waals surface area contributed by atoms with Gasteiger partial charge in [0.1, 0.15) is 0 Å². The average molecular weight is 299 g/mol. The second-order valence-electron chi connectivity index (χ2n) is 4.82. The smallest absolute Gasteiger partial charge is 0.228 e. The number of amides is 1. The molecule has 0 atom stereocenters. The molecule has 0 radical (unpaired) electrons. The number of rotatable bonds is 6. The highest BCUT2D eigenvalue weighted by Gasteiger charge is 2.07. The molecule has 0 spiro atoms. The molecule has 0 saturated heterocycles. The van der Waals surface area contributed by atoms with Gasteiger partial charge < -0.3 is 5.32 Å². The number of thioether (sulfide) groups is 1. The highest BCUT2D eigenvalue weighted by atomic mass is 32.2. The van der Waals surface area contributed by atoms with E-state index in [9.17, 15) is 4.79 Å². The lowest BCUT2D eigenvalue weighted by atomic mass is 10.1. The molecule has 1 N–H and O–H groups in total. The van der Waals surface area contributed by atoms with Crippen molar-refractivity contribution in [2.24, 2.45) is 0 Å². The number of nitrogens with one attached hydrogen (secondary N) is 1. The number of carbonyl (C=O) groups excluding carboxylic acids is 1. The molecule has 3 heteroatoms. The van der Waals surface area contributed by atoms with Crippen LogP contribution in [0, 0.1) is 0 Å². The van der Waals surface area contributed by atoms with Crippen LogP contribution in [-0.2, 0) is 17.6 Å². The van der Waals surface area contributed by atoms with Gasteiger partial charge in [0.2, 0.25) is 5.91 Å². The summed E-state index contributed by atoms with van der Waals surface area (Å²) in [7, 11) is 0. The Hall–Kier alpha value is -1.74. The van der Waals surface area contributed by atoms with Crippen molar-refractivity contribution in [1.29, 1.82) is 0 Å². The first-order valence-electron chi connectivity index (χ1n) is 7.32. The summed E-state index contributed by atoms with van der Waals surface area (Å²) in [5.41, 5.74) is 3.24. The second kappa shape index (κ2) is 7.89. The van der Waals surface area contributed by atoms with Crippen molar-refractivity contribution in [3.05, 3.63) is 59.7 Å². The van der Waals surface area contributed by atoms with Crippen LogP contribution in [0.5, 0.6) is 0 Å². The van der Waals surface area contributed by atoms with Crippen molar-refractivity contribution < 1.29 is 4.79 Å². The summed E-state index contributed by atoms with van der Waals surface area (Å²) in [6, 6.07) is 16.2. The van der Waals surface area contributed by atoms with Crippen molar-refractivity contribution in [3.63, 3.8) is 0 Å². The van der Waals surface area contributed by atoms with E-state index in [2.05, 4.69) is 31.3 Å². The molecule has 0 aliphatic carbocycles. The number of benzene rings is 2. The molecule has 0 fully saturated rings. The van der Waals surface area contributed by atoms with Crippen molar-refractivity contribution in [2.75, 3.05) is 11.1 Å². The predicted molar refractivity (Wildman–Crippen MR) is 91.0 cm³/mol. The normalized spacial score (nSPS) is 10.4. The summed E-state index contributed by atoms with van der Waals surface area (Å²) in [4.78, 5) is 13.3. The maximum atomic E-state index is 12.2. The summed E-state index contributed by atoms with van der Waals surface area (Å²) in [6.45, 7) is 4.24. The van der Waals surface area contributed by atoms with Gasteiger partial charge in [-0.3, -0.25) is 4.79 Å². The summed E-state index contributed by atoms with van der Waals surface area (Å²) < 4.78 is 0. The first kappa shape index (κ1) is 15.6. The molecule has 1 amide bonds. The molecule has 110 valence electrons. The Balaban J connectivity index is 2.01. The van der Waals surface area contributed by atoms with Gasteiger partial charge in [0.05, 0.1) is 12.1 Å². The molecular weight excluding hydrogens is 278 g/mol. The molecule has 0 saturated carbocycles. The van der Waals surface area contributed by atoms with Gasteiger partial charge >= 0.3 is 0 Å². The minimum Gasteiger partial charge on any atom is -0.325 e. The number of hydrogen-bond donors (Lipinski definition) is 1. The Morgan fingerprint density at radius 2 is 1.67 bits per heavy atom. The van der Waals surface area contributed by atoms with Gasteiger partial charge in [0.25, 0.3) is 0 Å². The summed E-state index contributed by atoms with van der Waals surface area (Å²) in [5.74, 6) is 1.02. The van der Waals surface area contributed by atoms with Gasteiger partial charge in [-0.25, -0.2) is 0 Å².